The molecule has 0 bridgehead atoms. The number of rotatable bonds is 5. The van der Waals surface area contributed by atoms with Crippen LogP contribution in [0, 0.1) is 5.82 Å². The number of hydrogen-bond acceptors (Lipinski definition) is 5. The highest BCUT2D eigenvalue weighted by molar-refractivity contribution is 7.99. The van der Waals surface area contributed by atoms with E-state index in [9.17, 15) is 9.18 Å². The van der Waals surface area contributed by atoms with E-state index in [1.54, 1.807) is 12.1 Å². The minimum Gasteiger partial charge on any atom is -0.381 e. The van der Waals surface area contributed by atoms with Gasteiger partial charge >= 0.3 is 0 Å². The molecule has 5 nitrogen and oxygen atoms in total. The lowest BCUT2D eigenvalue weighted by Gasteiger charge is -2.06. The van der Waals surface area contributed by atoms with Crippen molar-refractivity contribution in [1.82, 2.24) is 9.97 Å². The van der Waals surface area contributed by atoms with Crippen molar-refractivity contribution in [3.8, 4) is 0 Å². The van der Waals surface area contributed by atoms with Gasteiger partial charge in [-0.15, -0.1) is 11.8 Å². The first-order valence-electron chi connectivity index (χ1n) is 5.90. The number of thioether (sulfide) groups is 1. The van der Waals surface area contributed by atoms with Gasteiger partial charge in [0.2, 0.25) is 5.91 Å². The molecule has 3 N–H and O–H groups in total. The molecular weight excluding hydrogens is 279 g/mol. The fourth-order valence-corrected chi connectivity index (χ4v) is 2.28. The monoisotopic (exact) mass is 292 g/mol. The molecule has 0 aliphatic carbocycles. The normalized spacial score (nSPS) is 10.2. The zero-order valence-electron chi connectivity index (χ0n) is 10.5. The first-order chi connectivity index (χ1) is 9.66. The summed E-state index contributed by atoms with van der Waals surface area (Å²) >= 11 is 1.34. The van der Waals surface area contributed by atoms with Crippen LogP contribution in [0.5, 0.6) is 0 Å². The third-order valence-corrected chi connectivity index (χ3v) is 3.40. The maximum atomic E-state index is 13.3. The van der Waals surface area contributed by atoms with Crippen molar-refractivity contribution in [2.24, 2.45) is 0 Å². The third kappa shape index (κ3) is 3.92. The Hall–Kier alpha value is -2.15. The zero-order valence-corrected chi connectivity index (χ0v) is 11.4. The number of para-hydroxylation sites is 1. The summed E-state index contributed by atoms with van der Waals surface area (Å²) in [5.74, 6) is 0.118. The Kier molecular flexibility index (Phi) is 4.89. The number of carbonyl (C=O) groups excluding carboxylic acids is 1. The van der Waals surface area contributed by atoms with Gasteiger partial charge in [-0.3, -0.25) is 4.79 Å². The third-order valence-electron chi connectivity index (χ3n) is 2.41. The van der Waals surface area contributed by atoms with Crippen LogP contribution in [0.4, 0.5) is 15.9 Å². The highest BCUT2D eigenvalue weighted by atomic mass is 32.2. The Balaban J connectivity index is 1.82. The molecule has 0 saturated carbocycles. The van der Waals surface area contributed by atoms with Gasteiger partial charge in [-0.2, -0.15) is 0 Å². The summed E-state index contributed by atoms with van der Waals surface area (Å²) in [6.45, 7) is 0. The SMILES string of the molecule is Nc1nccnc1SCCC(=O)Nc1ccccc1F. The van der Waals surface area contributed by atoms with Gasteiger partial charge in [-0.25, -0.2) is 14.4 Å². The van der Waals surface area contributed by atoms with Gasteiger partial charge < -0.3 is 11.1 Å². The Morgan fingerprint density at radius 3 is 2.80 bits per heavy atom. The summed E-state index contributed by atoms with van der Waals surface area (Å²) < 4.78 is 13.3. The number of nitrogens with two attached hydrogens (primary N) is 1. The second-order valence-corrected chi connectivity index (χ2v) is 4.96. The van der Waals surface area contributed by atoms with E-state index in [0.29, 0.717) is 16.6 Å². The molecule has 0 unspecified atom stereocenters. The van der Waals surface area contributed by atoms with Gasteiger partial charge in [0.1, 0.15) is 10.8 Å². The molecule has 1 aromatic heterocycles. The van der Waals surface area contributed by atoms with Crippen molar-refractivity contribution in [2.75, 3.05) is 16.8 Å². The fraction of sp³-hybridized carbons (Fsp3) is 0.154. The topological polar surface area (TPSA) is 80.9 Å². The van der Waals surface area contributed by atoms with E-state index in [2.05, 4.69) is 15.3 Å². The molecule has 1 heterocycles. The van der Waals surface area contributed by atoms with E-state index in [-0.39, 0.29) is 18.0 Å². The molecule has 0 atom stereocenters. The Labute approximate surface area is 119 Å². The number of aromatic nitrogens is 2. The van der Waals surface area contributed by atoms with Crippen LogP contribution in [0.1, 0.15) is 6.42 Å². The quantitative estimate of drug-likeness (QED) is 0.827. The molecular formula is C13H13FN4OS. The molecule has 1 aromatic carbocycles. The minimum atomic E-state index is -0.452. The zero-order chi connectivity index (χ0) is 14.4. The van der Waals surface area contributed by atoms with Crippen LogP contribution in [0.15, 0.2) is 41.7 Å². The summed E-state index contributed by atoms with van der Waals surface area (Å²) in [5.41, 5.74) is 5.82. The maximum absolute atomic E-state index is 13.3. The Morgan fingerprint density at radius 2 is 2.05 bits per heavy atom. The number of carbonyl (C=O) groups is 1. The predicted octanol–water partition coefficient (Wildman–Crippen LogP) is 2.32. The molecule has 2 aromatic rings. The Bertz CT molecular complexity index is 608. The highest BCUT2D eigenvalue weighted by Crippen LogP contribution is 2.20. The number of halogens is 1. The average molecular weight is 292 g/mol. The van der Waals surface area contributed by atoms with Crippen LogP contribution in [0.2, 0.25) is 0 Å². The van der Waals surface area contributed by atoms with Crippen LogP contribution in [-0.4, -0.2) is 21.6 Å². The first-order valence-corrected chi connectivity index (χ1v) is 6.89. The highest BCUT2D eigenvalue weighted by Gasteiger charge is 2.08. The van der Waals surface area contributed by atoms with Crippen molar-refractivity contribution >= 4 is 29.2 Å². The molecule has 0 spiro atoms. The largest absolute Gasteiger partial charge is 0.381 e. The predicted molar refractivity (Wildman–Crippen MR) is 76.8 cm³/mol. The van der Waals surface area contributed by atoms with Crippen LogP contribution < -0.4 is 11.1 Å². The van der Waals surface area contributed by atoms with E-state index in [1.165, 1.54) is 36.3 Å². The number of nitrogen functional groups attached to an aromatic ring is 1. The van der Waals surface area contributed by atoms with Crippen molar-refractivity contribution in [1.29, 1.82) is 0 Å². The molecule has 0 fully saturated rings. The van der Waals surface area contributed by atoms with E-state index < -0.39 is 5.82 Å². The lowest BCUT2D eigenvalue weighted by molar-refractivity contribution is -0.115. The smallest absolute Gasteiger partial charge is 0.225 e. The molecule has 0 radical (unpaired) electrons. The fourth-order valence-electron chi connectivity index (χ4n) is 1.46. The molecule has 0 aliphatic heterocycles. The molecule has 7 heteroatoms. The van der Waals surface area contributed by atoms with Gasteiger partial charge in [0.25, 0.3) is 0 Å². The van der Waals surface area contributed by atoms with Gasteiger partial charge in [0, 0.05) is 24.6 Å². The molecule has 20 heavy (non-hydrogen) atoms. The molecule has 2 rings (SSSR count). The molecule has 0 aliphatic rings. The van der Waals surface area contributed by atoms with Crippen LogP contribution in [0.25, 0.3) is 0 Å². The van der Waals surface area contributed by atoms with E-state index >= 15 is 0 Å². The number of nitrogens with one attached hydrogen (secondary N) is 1. The molecule has 1 amide bonds. The second-order valence-electron chi connectivity index (χ2n) is 3.87. The summed E-state index contributed by atoms with van der Waals surface area (Å²) in [6, 6.07) is 6.04. The van der Waals surface area contributed by atoms with Crippen molar-refractivity contribution < 1.29 is 9.18 Å². The van der Waals surface area contributed by atoms with Gasteiger partial charge in [-0.1, -0.05) is 12.1 Å². The van der Waals surface area contributed by atoms with Crippen LogP contribution >= 0.6 is 11.8 Å². The van der Waals surface area contributed by atoms with E-state index in [1.807, 2.05) is 0 Å². The summed E-state index contributed by atoms with van der Waals surface area (Å²) in [5, 5.41) is 3.11. The first kappa shape index (κ1) is 14.3. The number of nitrogens with zero attached hydrogens (tertiary/aromatic N) is 2. The van der Waals surface area contributed by atoms with Crippen LogP contribution in [0.3, 0.4) is 0 Å². The van der Waals surface area contributed by atoms with Crippen LogP contribution in [-0.2, 0) is 4.79 Å². The minimum absolute atomic E-state index is 0.182. The maximum Gasteiger partial charge on any atom is 0.225 e. The summed E-state index contributed by atoms with van der Waals surface area (Å²) in [4.78, 5) is 19.6. The van der Waals surface area contributed by atoms with E-state index in [4.69, 9.17) is 5.73 Å². The number of benzene rings is 1. The summed E-state index contributed by atoms with van der Waals surface area (Å²) in [7, 11) is 0. The van der Waals surface area contributed by atoms with Gasteiger partial charge in [0.15, 0.2) is 5.82 Å². The second kappa shape index (κ2) is 6.85. The van der Waals surface area contributed by atoms with Crippen molar-refractivity contribution in [3.05, 3.63) is 42.5 Å². The Morgan fingerprint density at radius 1 is 1.30 bits per heavy atom. The van der Waals surface area contributed by atoms with Crippen molar-refractivity contribution in [3.63, 3.8) is 0 Å². The van der Waals surface area contributed by atoms with Gasteiger partial charge in [-0.05, 0) is 12.1 Å². The summed E-state index contributed by atoms with van der Waals surface area (Å²) in [6.07, 6.45) is 3.28. The average Bonchev–Trinajstić information content (AvgIpc) is 2.43. The number of hydrogen-bond donors (Lipinski definition) is 2. The lowest BCUT2D eigenvalue weighted by Crippen LogP contribution is -2.13. The number of amides is 1. The standard InChI is InChI=1S/C13H13FN4OS/c14-9-3-1-2-4-10(9)18-11(19)5-8-20-13-12(15)16-6-7-17-13/h1-4,6-7H,5,8H2,(H2,15,16)(H,18,19). The lowest BCUT2D eigenvalue weighted by atomic mass is 10.3. The van der Waals surface area contributed by atoms with E-state index in [0.717, 1.165) is 0 Å². The molecule has 0 saturated heterocycles. The van der Waals surface area contributed by atoms with Crippen molar-refractivity contribution in [2.45, 2.75) is 11.4 Å². The number of anilines is 2. The molecule has 104 valence electrons. The van der Waals surface area contributed by atoms with Gasteiger partial charge in [0.05, 0.1) is 5.69 Å².